The predicted octanol–water partition coefficient (Wildman–Crippen LogP) is 1.54. The van der Waals surface area contributed by atoms with Crippen LogP contribution in [0.1, 0.15) is 19.4 Å². The van der Waals surface area contributed by atoms with Crippen LogP contribution in [-0.4, -0.2) is 37.0 Å². The zero-order chi connectivity index (χ0) is 17.2. The highest BCUT2D eigenvalue weighted by atomic mass is 35.5. The number of nitrogens with one attached hydrogen (secondary N) is 2. The van der Waals surface area contributed by atoms with Crippen LogP contribution in [0.3, 0.4) is 0 Å². The maximum absolute atomic E-state index is 11.5. The lowest BCUT2D eigenvalue weighted by Gasteiger charge is -2.09. The van der Waals surface area contributed by atoms with Crippen LogP contribution in [0, 0.1) is 0 Å². The fourth-order valence-corrected chi connectivity index (χ4v) is 1.76. The summed E-state index contributed by atoms with van der Waals surface area (Å²) in [7, 11) is 0. The Kier molecular flexibility index (Phi) is 7.83. The molecule has 0 bridgehead atoms. The number of hydrogen-bond acceptors (Lipinski definition) is 4. The average Bonchev–Trinajstić information content (AvgIpc) is 2.48. The van der Waals surface area contributed by atoms with Crippen LogP contribution in [0.2, 0.25) is 5.02 Å². The van der Waals surface area contributed by atoms with Gasteiger partial charge in [0.05, 0.1) is 6.54 Å². The van der Waals surface area contributed by atoms with E-state index in [9.17, 15) is 14.4 Å². The topological polar surface area (TPSA) is 84.5 Å². The molecule has 0 fully saturated rings. The molecule has 0 aliphatic carbocycles. The highest BCUT2D eigenvalue weighted by Gasteiger charge is 2.08. The Hall–Kier alpha value is -2.34. The van der Waals surface area contributed by atoms with Crippen molar-refractivity contribution in [3.63, 3.8) is 0 Å². The number of benzene rings is 1. The summed E-state index contributed by atoms with van der Waals surface area (Å²) in [5.74, 6) is -1.51. The average molecular weight is 339 g/mol. The van der Waals surface area contributed by atoms with Gasteiger partial charge in [-0.3, -0.25) is 9.59 Å². The second-order valence-corrected chi connectivity index (χ2v) is 5.43. The molecule has 0 aliphatic rings. The number of ether oxygens (including phenoxy) is 1. The van der Waals surface area contributed by atoms with Crippen molar-refractivity contribution >= 4 is 35.5 Å². The van der Waals surface area contributed by atoms with E-state index in [1.807, 2.05) is 13.8 Å². The van der Waals surface area contributed by atoms with E-state index in [0.29, 0.717) is 5.02 Å². The normalized spacial score (nSPS) is 10.6. The molecule has 1 aromatic carbocycles. The van der Waals surface area contributed by atoms with E-state index in [1.165, 1.54) is 12.2 Å². The molecule has 1 rings (SSSR count). The Morgan fingerprint density at radius 1 is 1.26 bits per heavy atom. The standard InChI is InChI=1S/C16H19ClN2O4/c1-11(2)19-14(20)9-18-15(21)10-23-16(22)7-6-12-4-3-5-13(17)8-12/h3-8,11H,9-10H2,1-2H3,(H,18,21)(H,19,20)/b7-6+. The van der Waals surface area contributed by atoms with E-state index < -0.39 is 18.5 Å². The van der Waals surface area contributed by atoms with Gasteiger partial charge in [-0.1, -0.05) is 23.7 Å². The largest absolute Gasteiger partial charge is 0.452 e. The first-order valence-corrected chi connectivity index (χ1v) is 7.41. The molecule has 0 atom stereocenters. The highest BCUT2D eigenvalue weighted by molar-refractivity contribution is 6.30. The van der Waals surface area contributed by atoms with E-state index in [2.05, 4.69) is 10.6 Å². The zero-order valence-electron chi connectivity index (χ0n) is 13.0. The molecule has 124 valence electrons. The van der Waals surface area contributed by atoms with Crippen molar-refractivity contribution < 1.29 is 19.1 Å². The first kappa shape index (κ1) is 18.7. The lowest BCUT2D eigenvalue weighted by molar-refractivity contribution is -0.143. The molecule has 2 amide bonds. The molecule has 7 heteroatoms. The molecule has 23 heavy (non-hydrogen) atoms. The summed E-state index contributed by atoms with van der Waals surface area (Å²) in [4.78, 5) is 34.3. The lowest BCUT2D eigenvalue weighted by Crippen LogP contribution is -2.41. The van der Waals surface area contributed by atoms with Gasteiger partial charge in [-0.15, -0.1) is 0 Å². The smallest absolute Gasteiger partial charge is 0.331 e. The first-order valence-electron chi connectivity index (χ1n) is 7.03. The van der Waals surface area contributed by atoms with Gasteiger partial charge >= 0.3 is 5.97 Å². The summed E-state index contributed by atoms with van der Waals surface area (Å²) in [6.07, 6.45) is 2.73. The van der Waals surface area contributed by atoms with Gasteiger partial charge in [-0.05, 0) is 37.6 Å². The van der Waals surface area contributed by atoms with Crippen molar-refractivity contribution in [2.24, 2.45) is 0 Å². The van der Waals surface area contributed by atoms with Gasteiger partial charge in [-0.25, -0.2) is 4.79 Å². The SMILES string of the molecule is CC(C)NC(=O)CNC(=O)COC(=O)/C=C/c1cccc(Cl)c1. The van der Waals surface area contributed by atoms with Crippen molar-refractivity contribution in [1.29, 1.82) is 0 Å². The van der Waals surface area contributed by atoms with E-state index in [4.69, 9.17) is 16.3 Å². The van der Waals surface area contributed by atoms with Crippen molar-refractivity contribution in [1.82, 2.24) is 10.6 Å². The van der Waals surface area contributed by atoms with Crippen molar-refractivity contribution in [3.05, 3.63) is 40.9 Å². The van der Waals surface area contributed by atoms with Gasteiger partial charge in [0.1, 0.15) is 0 Å². The molecule has 0 aliphatic heterocycles. The van der Waals surface area contributed by atoms with E-state index in [0.717, 1.165) is 5.56 Å². The Bertz CT molecular complexity index is 599. The summed E-state index contributed by atoms with van der Waals surface area (Å²) in [5, 5.41) is 5.53. The van der Waals surface area contributed by atoms with Gasteiger partial charge < -0.3 is 15.4 Å². The maximum atomic E-state index is 11.5. The predicted molar refractivity (Wildman–Crippen MR) is 87.7 cm³/mol. The summed E-state index contributed by atoms with van der Waals surface area (Å²) >= 11 is 5.82. The summed E-state index contributed by atoms with van der Waals surface area (Å²) < 4.78 is 4.77. The molecule has 0 radical (unpaired) electrons. The molecule has 2 N–H and O–H groups in total. The maximum Gasteiger partial charge on any atom is 0.331 e. The number of carbonyl (C=O) groups is 3. The number of halogens is 1. The second kappa shape index (κ2) is 9.63. The van der Waals surface area contributed by atoms with E-state index in [-0.39, 0.29) is 18.5 Å². The van der Waals surface area contributed by atoms with Crippen LogP contribution in [0.5, 0.6) is 0 Å². The molecule has 0 heterocycles. The van der Waals surface area contributed by atoms with Crippen molar-refractivity contribution in [2.75, 3.05) is 13.2 Å². The van der Waals surface area contributed by atoms with Crippen molar-refractivity contribution in [3.8, 4) is 0 Å². The Balaban J connectivity index is 2.30. The van der Waals surface area contributed by atoms with Crippen LogP contribution < -0.4 is 10.6 Å². The molecular formula is C16H19ClN2O4. The van der Waals surface area contributed by atoms with Gasteiger partial charge in [-0.2, -0.15) is 0 Å². The van der Waals surface area contributed by atoms with Crippen LogP contribution in [0.4, 0.5) is 0 Å². The number of carbonyl (C=O) groups excluding carboxylic acids is 3. The minimum atomic E-state index is -0.660. The molecule has 0 spiro atoms. The number of hydrogen-bond donors (Lipinski definition) is 2. The monoisotopic (exact) mass is 338 g/mol. The van der Waals surface area contributed by atoms with Gasteiger partial charge in [0, 0.05) is 17.1 Å². The highest BCUT2D eigenvalue weighted by Crippen LogP contribution is 2.11. The third-order valence-electron chi connectivity index (χ3n) is 2.50. The molecule has 0 unspecified atom stereocenters. The fraction of sp³-hybridized carbons (Fsp3) is 0.312. The van der Waals surface area contributed by atoms with Crippen LogP contribution in [0.25, 0.3) is 6.08 Å². The molecule has 6 nitrogen and oxygen atoms in total. The van der Waals surface area contributed by atoms with Gasteiger partial charge in [0.25, 0.3) is 5.91 Å². The van der Waals surface area contributed by atoms with Crippen molar-refractivity contribution in [2.45, 2.75) is 19.9 Å². The first-order chi connectivity index (χ1) is 10.9. The Labute approximate surface area is 139 Å². The summed E-state index contributed by atoms with van der Waals surface area (Å²) in [5.41, 5.74) is 0.740. The fourth-order valence-electron chi connectivity index (χ4n) is 1.56. The molecule has 0 saturated carbocycles. The Morgan fingerprint density at radius 2 is 2.00 bits per heavy atom. The minimum absolute atomic E-state index is 0.00569. The molecule has 1 aromatic rings. The van der Waals surface area contributed by atoms with E-state index >= 15 is 0 Å². The molecular weight excluding hydrogens is 320 g/mol. The van der Waals surface area contributed by atoms with Gasteiger partial charge in [0.2, 0.25) is 5.91 Å². The number of amides is 2. The minimum Gasteiger partial charge on any atom is -0.452 e. The summed E-state index contributed by atoms with van der Waals surface area (Å²) in [6, 6.07) is 6.93. The Morgan fingerprint density at radius 3 is 2.65 bits per heavy atom. The summed E-state index contributed by atoms with van der Waals surface area (Å²) in [6.45, 7) is 3.02. The van der Waals surface area contributed by atoms with Crippen LogP contribution >= 0.6 is 11.6 Å². The number of rotatable bonds is 7. The van der Waals surface area contributed by atoms with Crippen LogP contribution in [-0.2, 0) is 19.1 Å². The quantitative estimate of drug-likeness (QED) is 0.583. The van der Waals surface area contributed by atoms with E-state index in [1.54, 1.807) is 24.3 Å². The van der Waals surface area contributed by atoms with Gasteiger partial charge in [0.15, 0.2) is 6.61 Å². The number of esters is 1. The lowest BCUT2D eigenvalue weighted by atomic mass is 10.2. The third-order valence-corrected chi connectivity index (χ3v) is 2.74. The zero-order valence-corrected chi connectivity index (χ0v) is 13.7. The third kappa shape index (κ3) is 8.63. The molecule has 0 aromatic heterocycles. The second-order valence-electron chi connectivity index (χ2n) is 4.99. The molecule has 0 saturated heterocycles. The van der Waals surface area contributed by atoms with Crippen LogP contribution in [0.15, 0.2) is 30.3 Å².